The molecule has 0 fully saturated rings. The molecule has 0 aliphatic carbocycles. The molecule has 0 unspecified atom stereocenters. The van der Waals surface area contributed by atoms with Gasteiger partial charge in [-0.2, -0.15) is 8.42 Å². The van der Waals surface area contributed by atoms with Gasteiger partial charge in [-0.15, -0.1) is 0 Å². The van der Waals surface area contributed by atoms with Crippen molar-refractivity contribution < 1.29 is 21.8 Å². The van der Waals surface area contributed by atoms with Crippen molar-refractivity contribution in [2.75, 3.05) is 12.9 Å². The van der Waals surface area contributed by atoms with E-state index in [1.54, 1.807) is 0 Å². The maximum Gasteiger partial charge on any atom is 0.264 e. The van der Waals surface area contributed by atoms with E-state index in [0.717, 1.165) is 6.26 Å². The molecular formula is C14H31NO5SSi. The molecule has 0 rings (SSSR count). The summed E-state index contributed by atoms with van der Waals surface area (Å²) in [6.45, 7) is 12.6. The van der Waals surface area contributed by atoms with Crippen LogP contribution in [0.1, 0.15) is 40.5 Å². The Morgan fingerprint density at radius 2 is 1.77 bits per heavy atom. The molecule has 0 heterocycles. The summed E-state index contributed by atoms with van der Waals surface area (Å²) < 4.78 is 33.1. The average molecular weight is 354 g/mol. The first-order valence-electron chi connectivity index (χ1n) is 7.46. The molecule has 8 heteroatoms. The highest BCUT2D eigenvalue weighted by molar-refractivity contribution is 7.85. The first kappa shape index (κ1) is 21.6. The van der Waals surface area contributed by atoms with Gasteiger partial charge in [-0.25, -0.2) is 0 Å². The number of amides is 1. The van der Waals surface area contributed by atoms with Crippen LogP contribution in [0.3, 0.4) is 0 Å². The van der Waals surface area contributed by atoms with E-state index in [1.165, 1.54) is 0 Å². The topological polar surface area (TPSA) is 95.7 Å². The molecule has 6 nitrogen and oxygen atoms in total. The molecule has 0 bridgehead atoms. The number of hydrogen-bond donors (Lipinski definition) is 1. The summed E-state index contributed by atoms with van der Waals surface area (Å²) in [5.74, 6) is -0.442. The van der Waals surface area contributed by atoms with Crippen molar-refractivity contribution >= 4 is 24.3 Å². The Hall–Kier alpha value is -0.443. The van der Waals surface area contributed by atoms with Crippen molar-refractivity contribution in [2.24, 2.45) is 11.7 Å². The van der Waals surface area contributed by atoms with Gasteiger partial charge in [-0.3, -0.25) is 8.98 Å². The Morgan fingerprint density at radius 1 is 1.27 bits per heavy atom. The number of primary amides is 1. The Balaban J connectivity index is 4.86. The third kappa shape index (κ3) is 8.26. The predicted molar refractivity (Wildman–Crippen MR) is 90.5 cm³/mol. The van der Waals surface area contributed by atoms with Gasteiger partial charge in [0.05, 0.1) is 25.4 Å². The molecule has 22 heavy (non-hydrogen) atoms. The number of hydrogen-bond acceptors (Lipinski definition) is 5. The van der Waals surface area contributed by atoms with Crippen molar-refractivity contribution in [1.82, 2.24) is 0 Å². The fraction of sp³-hybridized carbons (Fsp3) is 0.929. The lowest BCUT2D eigenvalue weighted by Crippen LogP contribution is -2.46. The average Bonchev–Trinajstić information content (AvgIpc) is 2.23. The zero-order chi connectivity index (χ0) is 17.8. The lowest BCUT2D eigenvalue weighted by molar-refractivity contribution is -0.120. The van der Waals surface area contributed by atoms with Gasteiger partial charge in [0.2, 0.25) is 5.91 Å². The van der Waals surface area contributed by atoms with Crippen LogP contribution in [-0.2, 0) is 23.5 Å². The van der Waals surface area contributed by atoms with Crippen LogP contribution in [0.5, 0.6) is 0 Å². The summed E-state index contributed by atoms with van der Waals surface area (Å²) in [7, 11) is -5.49. The molecular weight excluding hydrogens is 322 g/mol. The van der Waals surface area contributed by atoms with Crippen LogP contribution in [0, 0.1) is 5.92 Å². The second-order valence-corrected chi connectivity index (χ2v) is 13.8. The van der Waals surface area contributed by atoms with Gasteiger partial charge in [0, 0.05) is 0 Å². The first-order valence-corrected chi connectivity index (χ1v) is 12.2. The molecule has 132 valence electrons. The molecule has 2 N–H and O–H groups in total. The largest absolute Gasteiger partial charge is 0.413 e. The van der Waals surface area contributed by atoms with Crippen LogP contribution in [0.25, 0.3) is 0 Å². The van der Waals surface area contributed by atoms with Crippen molar-refractivity contribution in [1.29, 1.82) is 0 Å². The van der Waals surface area contributed by atoms with E-state index in [0.29, 0.717) is 6.42 Å². The summed E-state index contributed by atoms with van der Waals surface area (Å²) in [5, 5.41) is 0.0197. The van der Waals surface area contributed by atoms with E-state index in [-0.39, 0.29) is 30.1 Å². The summed E-state index contributed by atoms with van der Waals surface area (Å²) in [5.41, 5.74) is 5.33. The molecule has 2 atom stereocenters. The first-order chi connectivity index (χ1) is 9.66. The van der Waals surface area contributed by atoms with Gasteiger partial charge in [-0.1, -0.05) is 27.7 Å². The smallest absolute Gasteiger partial charge is 0.264 e. The third-order valence-electron chi connectivity index (χ3n) is 4.16. The number of nitrogens with two attached hydrogens (primary N) is 1. The van der Waals surface area contributed by atoms with Crippen LogP contribution < -0.4 is 5.73 Å². The standard InChI is InChI=1S/C14H31NO5SSi/c1-11(8-9-19-21(5,17)18)12(10-13(15)16)20-22(6,7)14(2,3)4/h11-12H,8-10H2,1-7H3,(H2,15,16)/t11-,12-/m1/s1. The minimum absolute atomic E-state index is 0.0197. The quantitative estimate of drug-likeness (QED) is 0.506. The highest BCUT2D eigenvalue weighted by atomic mass is 32.2. The lowest BCUT2D eigenvalue weighted by atomic mass is 9.99. The summed E-state index contributed by atoms with van der Waals surface area (Å²) >= 11 is 0. The van der Waals surface area contributed by atoms with E-state index in [4.69, 9.17) is 14.3 Å². The van der Waals surface area contributed by atoms with Gasteiger partial charge in [-0.05, 0) is 30.5 Å². The van der Waals surface area contributed by atoms with Crippen LogP contribution >= 0.6 is 0 Å². The third-order valence-corrected chi connectivity index (χ3v) is 9.26. The number of carbonyl (C=O) groups is 1. The van der Waals surface area contributed by atoms with E-state index in [1.807, 2.05) is 6.92 Å². The number of carbonyl (C=O) groups excluding carboxylic acids is 1. The molecule has 0 aromatic carbocycles. The minimum atomic E-state index is -3.45. The summed E-state index contributed by atoms with van der Waals surface area (Å²) in [6.07, 6.45) is 1.32. The summed E-state index contributed by atoms with van der Waals surface area (Å²) in [6, 6.07) is 0. The molecule has 0 aromatic rings. The van der Waals surface area contributed by atoms with Crippen molar-refractivity contribution in [3.63, 3.8) is 0 Å². The van der Waals surface area contributed by atoms with E-state index < -0.39 is 24.3 Å². The monoisotopic (exact) mass is 353 g/mol. The molecule has 0 radical (unpaired) electrons. The molecule has 0 saturated heterocycles. The highest BCUT2D eigenvalue weighted by Gasteiger charge is 2.40. The van der Waals surface area contributed by atoms with Gasteiger partial charge < -0.3 is 10.2 Å². The Kier molecular flexibility index (Phi) is 7.74. The van der Waals surface area contributed by atoms with Crippen molar-refractivity contribution in [3.05, 3.63) is 0 Å². The van der Waals surface area contributed by atoms with Crippen LogP contribution in [0.15, 0.2) is 0 Å². The van der Waals surface area contributed by atoms with Crippen molar-refractivity contribution in [2.45, 2.75) is 64.8 Å². The Morgan fingerprint density at radius 3 is 2.14 bits per heavy atom. The zero-order valence-corrected chi connectivity index (χ0v) is 16.6. The molecule has 0 aromatic heterocycles. The molecule has 0 spiro atoms. The van der Waals surface area contributed by atoms with E-state index in [9.17, 15) is 13.2 Å². The maximum atomic E-state index is 11.3. The van der Waals surface area contributed by atoms with E-state index in [2.05, 4.69) is 33.9 Å². The van der Waals surface area contributed by atoms with Gasteiger partial charge in [0.25, 0.3) is 10.1 Å². The minimum Gasteiger partial charge on any atom is -0.413 e. The van der Waals surface area contributed by atoms with E-state index >= 15 is 0 Å². The summed E-state index contributed by atoms with van der Waals surface area (Å²) in [4.78, 5) is 11.3. The number of rotatable bonds is 9. The zero-order valence-electron chi connectivity index (χ0n) is 14.8. The lowest BCUT2D eigenvalue weighted by Gasteiger charge is -2.40. The second kappa shape index (κ2) is 7.90. The molecule has 1 amide bonds. The van der Waals surface area contributed by atoms with Crippen LogP contribution in [0.4, 0.5) is 0 Å². The van der Waals surface area contributed by atoms with Gasteiger partial charge in [0.15, 0.2) is 8.32 Å². The second-order valence-electron chi connectivity index (χ2n) is 7.38. The molecule has 0 aliphatic rings. The molecule has 0 saturated carbocycles. The maximum absolute atomic E-state index is 11.3. The molecule has 0 aliphatic heterocycles. The van der Waals surface area contributed by atoms with Crippen molar-refractivity contribution in [3.8, 4) is 0 Å². The van der Waals surface area contributed by atoms with Crippen LogP contribution in [-0.4, -0.2) is 41.6 Å². The Labute approximate surface area is 136 Å². The normalized spacial score (nSPS) is 16.3. The van der Waals surface area contributed by atoms with Gasteiger partial charge in [0.1, 0.15) is 0 Å². The highest BCUT2D eigenvalue weighted by Crippen LogP contribution is 2.38. The fourth-order valence-corrected chi connectivity index (χ4v) is 3.51. The fourth-order valence-electron chi connectivity index (χ4n) is 1.68. The Bertz CT molecular complexity index is 470. The van der Waals surface area contributed by atoms with Gasteiger partial charge >= 0.3 is 0 Å². The SMILES string of the molecule is C[C@H](CCOS(C)(=O)=O)[C@@H](CC(N)=O)O[Si](C)(C)C(C)(C)C. The predicted octanol–water partition coefficient (Wildman–Crippen LogP) is 2.25. The van der Waals surface area contributed by atoms with Crippen LogP contribution in [0.2, 0.25) is 18.1 Å².